The van der Waals surface area contributed by atoms with Crippen molar-refractivity contribution in [3.8, 4) is 16.9 Å². The zero-order valence-corrected chi connectivity index (χ0v) is 22.6. The van der Waals surface area contributed by atoms with Gasteiger partial charge in [0.25, 0.3) is 5.91 Å². The first-order valence-corrected chi connectivity index (χ1v) is 13.8. The van der Waals surface area contributed by atoms with Crippen LogP contribution in [0, 0.1) is 0 Å². The van der Waals surface area contributed by atoms with Crippen LogP contribution in [0.25, 0.3) is 23.0 Å². The van der Waals surface area contributed by atoms with Gasteiger partial charge in [0.05, 0.1) is 15.5 Å². The predicted molar refractivity (Wildman–Crippen MR) is 146 cm³/mol. The Bertz CT molecular complexity index is 1420. The molecule has 1 saturated heterocycles. The Morgan fingerprint density at radius 1 is 1.14 bits per heavy atom. The quantitative estimate of drug-likeness (QED) is 0.229. The molecule has 1 fully saturated rings. The summed E-state index contributed by atoms with van der Waals surface area (Å²) in [6, 6.07) is 16.2. The van der Waals surface area contributed by atoms with Crippen molar-refractivity contribution in [2.45, 2.75) is 11.3 Å². The van der Waals surface area contributed by atoms with Gasteiger partial charge in [-0.1, -0.05) is 54.3 Å². The molecule has 0 saturated carbocycles. The van der Waals surface area contributed by atoms with E-state index in [1.807, 2.05) is 36.5 Å². The number of carbonyl (C=O) groups is 1. The number of ether oxygens (including phenoxy) is 1. The van der Waals surface area contributed by atoms with E-state index in [1.54, 1.807) is 47.0 Å². The second kappa shape index (κ2) is 11.1. The Kier molecular flexibility index (Phi) is 8.06. The number of para-hydroxylation sites is 1. The van der Waals surface area contributed by atoms with Crippen LogP contribution in [0.1, 0.15) is 12.0 Å². The normalized spacial score (nSPS) is 15.4. The Balaban J connectivity index is 1.78. The molecular weight excluding hydrogens is 517 g/mol. The van der Waals surface area contributed by atoms with E-state index in [0.29, 0.717) is 45.6 Å². The lowest BCUT2D eigenvalue weighted by Crippen LogP contribution is -2.29. The Hall–Kier alpha value is -2.83. The minimum atomic E-state index is -3.63. The number of aromatic nitrogens is 2. The first-order valence-electron chi connectivity index (χ1n) is 11.1. The van der Waals surface area contributed by atoms with Crippen molar-refractivity contribution in [1.82, 2.24) is 19.0 Å². The van der Waals surface area contributed by atoms with Gasteiger partial charge in [-0.3, -0.25) is 9.69 Å². The van der Waals surface area contributed by atoms with Crippen molar-refractivity contribution in [2.24, 2.45) is 0 Å². The topological polar surface area (TPSA) is 84.7 Å². The third kappa shape index (κ3) is 5.45. The molecular formula is C25H26N4O4S3. The number of carbonyl (C=O) groups excluding carboxylic acids is 1. The third-order valence-electron chi connectivity index (χ3n) is 5.54. The standard InChI is InChI=1S/C25H26N4O4S3/c1-27(2)36(31,32)21-12-7-9-18(15-21)23-19(17-29(26-23)20-10-5-4-6-11-20)16-22-24(30)28(25(34)35-22)13-8-14-33-3/h4-7,9-12,15-17H,8,13-14H2,1-3H3. The van der Waals surface area contributed by atoms with Gasteiger partial charge in [-0.25, -0.2) is 17.4 Å². The summed E-state index contributed by atoms with van der Waals surface area (Å²) in [6.07, 6.45) is 4.28. The Labute approximate surface area is 220 Å². The van der Waals surface area contributed by atoms with Crippen molar-refractivity contribution < 1.29 is 17.9 Å². The zero-order valence-electron chi connectivity index (χ0n) is 20.1. The molecule has 2 aromatic carbocycles. The van der Waals surface area contributed by atoms with Gasteiger partial charge in [0.15, 0.2) is 0 Å². The molecule has 4 rings (SSSR count). The summed E-state index contributed by atoms with van der Waals surface area (Å²) in [5, 5.41) is 4.76. The number of thiocarbonyl (C=S) groups is 1. The summed E-state index contributed by atoms with van der Waals surface area (Å²) >= 11 is 6.69. The van der Waals surface area contributed by atoms with Gasteiger partial charge in [-0.2, -0.15) is 5.10 Å². The predicted octanol–water partition coefficient (Wildman–Crippen LogP) is 4.03. The molecule has 0 radical (unpaired) electrons. The Morgan fingerprint density at radius 2 is 1.89 bits per heavy atom. The molecule has 2 heterocycles. The average Bonchev–Trinajstić information content (AvgIpc) is 3.41. The van der Waals surface area contributed by atoms with Crippen LogP contribution in [0.5, 0.6) is 0 Å². The van der Waals surface area contributed by atoms with Crippen molar-refractivity contribution in [1.29, 1.82) is 0 Å². The number of methoxy groups -OCH3 is 1. The van der Waals surface area contributed by atoms with E-state index in [4.69, 9.17) is 22.1 Å². The van der Waals surface area contributed by atoms with Gasteiger partial charge in [-0.05, 0) is 36.8 Å². The van der Waals surface area contributed by atoms with Crippen molar-refractivity contribution in [2.75, 3.05) is 34.4 Å². The summed E-state index contributed by atoms with van der Waals surface area (Å²) in [6.45, 7) is 1.02. The smallest absolute Gasteiger partial charge is 0.266 e. The summed E-state index contributed by atoms with van der Waals surface area (Å²) < 4.78 is 34.0. The number of thioether (sulfide) groups is 1. The minimum absolute atomic E-state index is 0.162. The van der Waals surface area contributed by atoms with Crippen LogP contribution >= 0.6 is 24.0 Å². The molecule has 8 nitrogen and oxygen atoms in total. The lowest BCUT2D eigenvalue weighted by atomic mass is 10.1. The molecule has 1 aliphatic rings. The summed E-state index contributed by atoms with van der Waals surface area (Å²) in [5.74, 6) is -0.163. The van der Waals surface area contributed by atoms with Crippen molar-refractivity contribution >= 4 is 50.3 Å². The molecule has 11 heteroatoms. The van der Waals surface area contributed by atoms with Crippen LogP contribution in [0.2, 0.25) is 0 Å². The fourth-order valence-corrected chi connectivity index (χ4v) is 5.89. The molecule has 1 amide bonds. The van der Waals surface area contributed by atoms with E-state index < -0.39 is 10.0 Å². The lowest BCUT2D eigenvalue weighted by molar-refractivity contribution is -0.122. The highest BCUT2D eigenvalue weighted by Gasteiger charge is 2.32. The van der Waals surface area contributed by atoms with E-state index in [9.17, 15) is 13.2 Å². The molecule has 0 spiro atoms. The van der Waals surface area contributed by atoms with Crippen LogP contribution in [0.4, 0.5) is 0 Å². The molecule has 0 unspecified atom stereocenters. The highest BCUT2D eigenvalue weighted by Crippen LogP contribution is 2.35. The highest BCUT2D eigenvalue weighted by atomic mass is 32.2. The van der Waals surface area contributed by atoms with Gasteiger partial charge < -0.3 is 4.74 Å². The monoisotopic (exact) mass is 542 g/mol. The second-order valence-electron chi connectivity index (χ2n) is 8.21. The minimum Gasteiger partial charge on any atom is -0.385 e. The largest absolute Gasteiger partial charge is 0.385 e. The molecule has 1 aliphatic heterocycles. The molecule has 0 atom stereocenters. The fourth-order valence-electron chi connectivity index (χ4n) is 3.65. The maximum Gasteiger partial charge on any atom is 0.266 e. The van der Waals surface area contributed by atoms with Crippen LogP contribution in [0.3, 0.4) is 0 Å². The second-order valence-corrected chi connectivity index (χ2v) is 12.0. The summed E-state index contributed by atoms with van der Waals surface area (Å²) in [4.78, 5) is 15.3. The average molecular weight is 543 g/mol. The van der Waals surface area contributed by atoms with E-state index in [0.717, 1.165) is 5.69 Å². The SMILES string of the molecule is COCCCN1C(=O)C(=Cc2cn(-c3ccccc3)nc2-c2cccc(S(=O)(=O)N(C)C)c2)SC1=S. The number of sulfonamides is 1. The maximum absolute atomic E-state index is 13.1. The van der Waals surface area contributed by atoms with Crippen LogP contribution in [-0.4, -0.2) is 72.0 Å². The fraction of sp³-hybridized carbons (Fsp3) is 0.240. The van der Waals surface area contributed by atoms with Gasteiger partial charge in [0.1, 0.15) is 10.0 Å². The summed E-state index contributed by atoms with van der Waals surface area (Å²) in [5.41, 5.74) is 2.69. The van der Waals surface area contributed by atoms with Crippen molar-refractivity contribution in [3.05, 3.63) is 71.3 Å². The zero-order chi connectivity index (χ0) is 25.9. The van der Waals surface area contributed by atoms with E-state index >= 15 is 0 Å². The molecule has 0 aliphatic carbocycles. The molecule has 188 valence electrons. The number of benzene rings is 2. The molecule has 0 N–H and O–H groups in total. The first kappa shape index (κ1) is 26.2. The number of nitrogens with zero attached hydrogens (tertiary/aromatic N) is 4. The van der Waals surface area contributed by atoms with Crippen molar-refractivity contribution in [3.63, 3.8) is 0 Å². The van der Waals surface area contributed by atoms with Gasteiger partial charge in [0, 0.05) is 51.7 Å². The van der Waals surface area contributed by atoms with Crippen LogP contribution in [0.15, 0.2) is 70.6 Å². The first-order chi connectivity index (χ1) is 17.2. The highest BCUT2D eigenvalue weighted by molar-refractivity contribution is 8.26. The van der Waals surface area contributed by atoms with E-state index in [2.05, 4.69) is 0 Å². The molecule has 1 aromatic heterocycles. The lowest BCUT2D eigenvalue weighted by Gasteiger charge is -2.13. The number of rotatable bonds is 9. The molecule has 3 aromatic rings. The van der Waals surface area contributed by atoms with E-state index in [1.165, 1.54) is 30.2 Å². The summed E-state index contributed by atoms with van der Waals surface area (Å²) in [7, 11) is 0.973. The Morgan fingerprint density at radius 3 is 2.58 bits per heavy atom. The maximum atomic E-state index is 13.1. The molecule has 36 heavy (non-hydrogen) atoms. The molecule has 0 bridgehead atoms. The number of hydrogen-bond donors (Lipinski definition) is 0. The number of amides is 1. The number of hydrogen-bond acceptors (Lipinski definition) is 7. The van der Waals surface area contributed by atoms with E-state index in [-0.39, 0.29) is 10.8 Å². The van der Waals surface area contributed by atoms with Crippen LogP contribution in [-0.2, 0) is 19.6 Å². The van der Waals surface area contributed by atoms with Gasteiger partial charge >= 0.3 is 0 Å². The third-order valence-corrected chi connectivity index (χ3v) is 8.73. The van der Waals surface area contributed by atoms with Gasteiger partial charge in [0.2, 0.25) is 10.0 Å². The van der Waals surface area contributed by atoms with Crippen LogP contribution < -0.4 is 0 Å². The van der Waals surface area contributed by atoms with Gasteiger partial charge in [-0.15, -0.1) is 0 Å².